The molecule has 1 aromatic carbocycles. The van der Waals surface area contributed by atoms with E-state index in [1.54, 1.807) is 12.4 Å². The third kappa shape index (κ3) is 1.61. The zero-order chi connectivity index (χ0) is 12.5. The molecule has 88 valence electrons. The van der Waals surface area contributed by atoms with Crippen molar-refractivity contribution in [2.24, 2.45) is 0 Å². The Bertz CT molecular complexity index is 711. The summed E-state index contributed by atoms with van der Waals surface area (Å²) in [6.07, 6.45) is 5.32. The van der Waals surface area contributed by atoms with E-state index in [0.717, 1.165) is 11.2 Å². The Hall–Kier alpha value is -2.42. The molecule has 0 radical (unpaired) electrons. The Morgan fingerprint density at radius 3 is 2.67 bits per heavy atom. The molecule has 3 nitrogen and oxygen atoms in total. The van der Waals surface area contributed by atoms with Crippen molar-refractivity contribution in [3.8, 4) is 5.95 Å². The average Bonchev–Trinajstić information content (AvgIpc) is 2.77. The summed E-state index contributed by atoms with van der Waals surface area (Å²) >= 11 is 0. The van der Waals surface area contributed by atoms with Crippen LogP contribution in [0, 0.1) is 6.92 Å². The summed E-state index contributed by atoms with van der Waals surface area (Å²) < 4.78 is 2.02. The molecule has 18 heavy (non-hydrogen) atoms. The summed E-state index contributed by atoms with van der Waals surface area (Å²) in [5.74, 6) is 0.672. The van der Waals surface area contributed by atoms with Gasteiger partial charge in [-0.15, -0.1) is 0 Å². The Morgan fingerprint density at radius 2 is 1.94 bits per heavy atom. The minimum absolute atomic E-state index is 0.672. The number of rotatable bonds is 2. The summed E-state index contributed by atoms with van der Waals surface area (Å²) in [4.78, 5) is 8.61. The molecule has 0 amide bonds. The standard InChI is InChI=1S/C15H13N3/c1-3-13-10-12-9-11(2)5-6-14(12)18(13)15-16-7-4-8-17-15/h3-10H,1H2,2H3. The maximum absolute atomic E-state index is 4.31. The van der Waals surface area contributed by atoms with Gasteiger partial charge in [0.15, 0.2) is 0 Å². The minimum Gasteiger partial charge on any atom is -0.279 e. The van der Waals surface area contributed by atoms with Crippen LogP contribution in [0.3, 0.4) is 0 Å². The van der Waals surface area contributed by atoms with Crippen molar-refractivity contribution >= 4 is 17.0 Å². The molecule has 3 rings (SSSR count). The second kappa shape index (κ2) is 4.11. The highest BCUT2D eigenvalue weighted by Crippen LogP contribution is 2.24. The largest absolute Gasteiger partial charge is 0.279 e. The van der Waals surface area contributed by atoms with Crippen LogP contribution in [0.4, 0.5) is 0 Å². The lowest BCUT2D eigenvalue weighted by Crippen LogP contribution is -2.01. The first-order valence-electron chi connectivity index (χ1n) is 5.81. The quantitative estimate of drug-likeness (QED) is 0.681. The van der Waals surface area contributed by atoms with Crippen molar-refractivity contribution in [3.05, 3.63) is 60.6 Å². The van der Waals surface area contributed by atoms with Crippen LogP contribution in [0.1, 0.15) is 11.3 Å². The van der Waals surface area contributed by atoms with E-state index in [4.69, 9.17) is 0 Å². The van der Waals surface area contributed by atoms with Gasteiger partial charge in [0.05, 0.1) is 5.52 Å². The van der Waals surface area contributed by atoms with Crippen molar-refractivity contribution < 1.29 is 0 Å². The predicted octanol–water partition coefficient (Wildman–Crippen LogP) is 3.37. The fourth-order valence-corrected chi connectivity index (χ4v) is 2.14. The lowest BCUT2D eigenvalue weighted by atomic mass is 10.2. The zero-order valence-corrected chi connectivity index (χ0v) is 10.2. The molecule has 2 heterocycles. The van der Waals surface area contributed by atoms with Gasteiger partial charge in [0.25, 0.3) is 0 Å². The van der Waals surface area contributed by atoms with E-state index in [0.29, 0.717) is 5.95 Å². The second-order valence-electron chi connectivity index (χ2n) is 4.22. The van der Waals surface area contributed by atoms with Gasteiger partial charge in [0.1, 0.15) is 0 Å². The summed E-state index contributed by atoms with van der Waals surface area (Å²) in [5.41, 5.74) is 3.34. The van der Waals surface area contributed by atoms with Crippen molar-refractivity contribution in [3.63, 3.8) is 0 Å². The number of aromatic nitrogens is 3. The minimum atomic E-state index is 0.672. The second-order valence-corrected chi connectivity index (χ2v) is 4.22. The van der Waals surface area contributed by atoms with E-state index < -0.39 is 0 Å². The highest BCUT2D eigenvalue weighted by molar-refractivity contribution is 5.85. The number of fused-ring (bicyclic) bond motifs is 1. The van der Waals surface area contributed by atoms with E-state index in [1.165, 1.54) is 10.9 Å². The van der Waals surface area contributed by atoms with Gasteiger partial charge >= 0.3 is 0 Å². The zero-order valence-electron chi connectivity index (χ0n) is 10.2. The van der Waals surface area contributed by atoms with Crippen LogP contribution in [0.25, 0.3) is 22.9 Å². The molecular formula is C15H13N3. The summed E-state index contributed by atoms with van der Waals surface area (Å²) in [6, 6.07) is 10.3. The van der Waals surface area contributed by atoms with Crippen LogP contribution in [0.2, 0.25) is 0 Å². The van der Waals surface area contributed by atoms with E-state index >= 15 is 0 Å². The molecule has 0 saturated heterocycles. The third-order valence-electron chi connectivity index (χ3n) is 2.95. The smallest absolute Gasteiger partial charge is 0.234 e. The lowest BCUT2D eigenvalue weighted by Gasteiger charge is -2.05. The van der Waals surface area contributed by atoms with Gasteiger partial charge in [0, 0.05) is 23.5 Å². The molecule has 0 aliphatic carbocycles. The molecule has 0 spiro atoms. The molecule has 0 N–H and O–H groups in total. The summed E-state index contributed by atoms with van der Waals surface area (Å²) in [6.45, 7) is 5.95. The number of hydrogen-bond acceptors (Lipinski definition) is 2. The van der Waals surface area contributed by atoms with Crippen LogP contribution in [-0.2, 0) is 0 Å². The number of benzene rings is 1. The van der Waals surface area contributed by atoms with Gasteiger partial charge in [-0.1, -0.05) is 18.2 Å². The normalized spacial score (nSPS) is 10.7. The monoisotopic (exact) mass is 235 g/mol. The molecule has 0 aliphatic rings. The Kier molecular flexibility index (Phi) is 2.45. The van der Waals surface area contributed by atoms with Crippen molar-refractivity contribution in [2.75, 3.05) is 0 Å². The Morgan fingerprint density at radius 1 is 1.17 bits per heavy atom. The van der Waals surface area contributed by atoms with E-state index in [-0.39, 0.29) is 0 Å². The molecule has 0 aliphatic heterocycles. The molecule has 0 bridgehead atoms. The molecule has 0 fully saturated rings. The fraction of sp³-hybridized carbons (Fsp3) is 0.0667. The van der Waals surface area contributed by atoms with E-state index in [1.807, 2.05) is 16.7 Å². The predicted molar refractivity (Wildman–Crippen MR) is 73.7 cm³/mol. The van der Waals surface area contributed by atoms with Crippen molar-refractivity contribution in [1.29, 1.82) is 0 Å². The maximum Gasteiger partial charge on any atom is 0.234 e. The van der Waals surface area contributed by atoms with Gasteiger partial charge in [-0.2, -0.15) is 0 Å². The summed E-state index contributed by atoms with van der Waals surface area (Å²) in [5, 5.41) is 1.18. The molecule has 0 unspecified atom stereocenters. The maximum atomic E-state index is 4.31. The Balaban J connectivity index is 2.36. The SMILES string of the molecule is C=Cc1cc2cc(C)ccc2n1-c1ncccn1. The van der Waals surface area contributed by atoms with Crippen LogP contribution in [0.15, 0.2) is 49.3 Å². The summed E-state index contributed by atoms with van der Waals surface area (Å²) in [7, 11) is 0. The Labute approximate surface area is 105 Å². The van der Waals surface area contributed by atoms with Gasteiger partial charge in [-0.3, -0.25) is 4.57 Å². The molecule has 2 aromatic heterocycles. The number of hydrogen-bond donors (Lipinski definition) is 0. The highest BCUT2D eigenvalue weighted by Gasteiger charge is 2.09. The first kappa shape index (κ1) is 10.7. The van der Waals surface area contributed by atoms with Gasteiger partial charge < -0.3 is 0 Å². The van der Waals surface area contributed by atoms with Crippen molar-refractivity contribution in [1.82, 2.24) is 14.5 Å². The van der Waals surface area contributed by atoms with Crippen LogP contribution in [-0.4, -0.2) is 14.5 Å². The number of aryl methyl sites for hydroxylation is 1. The highest BCUT2D eigenvalue weighted by atomic mass is 15.1. The van der Waals surface area contributed by atoms with Gasteiger partial charge in [-0.25, -0.2) is 9.97 Å². The molecule has 3 heteroatoms. The third-order valence-corrected chi connectivity index (χ3v) is 2.95. The van der Waals surface area contributed by atoms with Gasteiger partial charge in [0.2, 0.25) is 5.95 Å². The topological polar surface area (TPSA) is 30.7 Å². The molecule has 0 saturated carbocycles. The first-order valence-corrected chi connectivity index (χ1v) is 5.81. The van der Waals surface area contributed by atoms with Crippen LogP contribution < -0.4 is 0 Å². The van der Waals surface area contributed by atoms with E-state index in [9.17, 15) is 0 Å². The van der Waals surface area contributed by atoms with Crippen molar-refractivity contribution in [2.45, 2.75) is 6.92 Å². The average molecular weight is 235 g/mol. The van der Waals surface area contributed by atoms with Crippen LogP contribution in [0.5, 0.6) is 0 Å². The fourth-order valence-electron chi connectivity index (χ4n) is 2.14. The molecule has 3 aromatic rings. The molecular weight excluding hydrogens is 222 g/mol. The van der Waals surface area contributed by atoms with E-state index in [2.05, 4.69) is 47.7 Å². The lowest BCUT2D eigenvalue weighted by molar-refractivity contribution is 0.953. The van der Waals surface area contributed by atoms with Crippen LogP contribution >= 0.6 is 0 Å². The number of nitrogens with zero attached hydrogens (tertiary/aromatic N) is 3. The van der Waals surface area contributed by atoms with Gasteiger partial charge in [-0.05, 0) is 37.3 Å². The molecule has 0 atom stereocenters. The first-order chi connectivity index (χ1) is 8.79.